The zero-order valence-corrected chi connectivity index (χ0v) is 7.96. The average Bonchev–Trinajstić information content (AvgIpc) is 2.57. The molecule has 0 spiro atoms. The van der Waals surface area contributed by atoms with Crippen LogP contribution in [0.5, 0.6) is 0 Å². The van der Waals surface area contributed by atoms with Crippen molar-refractivity contribution in [3.63, 3.8) is 0 Å². The van der Waals surface area contributed by atoms with Crippen molar-refractivity contribution in [1.29, 1.82) is 0 Å². The van der Waals surface area contributed by atoms with Crippen molar-refractivity contribution in [1.82, 2.24) is 0 Å². The first-order chi connectivity index (χ1) is 6.29. The quantitative estimate of drug-likeness (QED) is 0.518. The van der Waals surface area contributed by atoms with Crippen molar-refractivity contribution in [3.8, 4) is 0 Å². The first-order valence-electron chi connectivity index (χ1n) is 5.50. The van der Waals surface area contributed by atoms with Gasteiger partial charge in [0.15, 0.2) is 0 Å². The van der Waals surface area contributed by atoms with Gasteiger partial charge in [-0.05, 0) is 43.9 Å². The number of hydrogen-bond donors (Lipinski definition) is 0. The maximum atomic E-state index is 11.9. The standard InChI is InChI=1S/C12H16O/c1-7-3-2-4-9-8-5-6-10(11(7)8)12(9)13/h8-11H,1-6H2. The number of carbonyl (C=O) groups is 1. The lowest BCUT2D eigenvalue weighted by atomic mass is 9.84. The van der Waals surface area contributed by atoms with Crippen LogP contribution in [0.15, 0.2) is 12.2 Å². The van der Waals surface area contributed by atoms with Gasteiger partial charge in [0.05, 0.1) is 0 Å². The molecule has 0 aromatic rings. The van der Waals surface area contributed by atoms with Crippen LogP contribution >= 0.6 is 0 Å². The normalized spacial score (nSPS) is 48.3. The maximum absolute atomic E-state index is 11.9. The summed E-state index contributed by atoms with van der Waals surface area (Å²) in [4.78, 5) is 11.9. The molecule has 3 rings (SSSR count). The van der Waals surface area contributed by atoms with E-state index in [1.54, 1.807) is 0 Å². The van der Waals surface area contributed by atoms with Gasteiger partial charge in [-0.1, -0.05) is 12.2 Å². The zero-order valence-electron chi connectivity index (χ0n) is 7.96. The van der Waals surface area contributed by atoms with Gasteiger partial charge in [-0.3, -0.25) is 4.79 Å². The first kappa shape index (κ1) is 7.78. The van der Waals surface area contributed by atoms with Crippen LogP contribution in [0, 0.1) is 23.7 Å². The Hall–Kier alpha value is -0.590. The van der Waals surface area contributed by atoms with Crippen molar-refractivity contribution in [2.24, 2.45) is 23.7 Å². The fourth-order valence-corrected chi connectivity index (χ4v) is 3.95. The monoisotopic (exact) mass is 176 g/mol. The van der Waals surface area contributed by atoms with Crippen LogP contribution in [0.3, 0.4) is 0 Å². The molecule has 0 N–H and O–H groups in total. The molecule has 0 amide bonds. The highest BCUT2D eigenvalue weighted by Crippen LogP contribution is 2.56. The fraction of sp³-hybridized carbons (Fsp3) is 0.750. The highest BCUT2D eigenvalue weighted by atomic mass is 16.1. The van der Waals surface area contributed by atoms with Crippen LogP contribution in [0.25, 0.3) is 0 Å². The second-order valence-corrected chi connectivity index (χ2v) is 4.93. The van der Waals surface area contributed by atoms with Crippen LogP contribution in [0.2, 0.25) is 0 Å². The molecule has 3 fully saturated rings. The van der Waals surface area contributed by atoms with Gasteiger partial charge in [-0.25, -0.2) is 0 Å². The lowest BCUT2D eigenvalue weighted by Gasteiger charge is -2.19. The van der Waals surface area contributed by atoms with E-state index in [-0.39, 0.29) is 0 Å². The minimum Gasteiger partial charge on any atom is -0.299 e. The van der Waals surface area contributed by atoms with E-state index >= 15 is 0 Å². The first-order valence-corrected chi connectivity index (χ1v) is 5.50. The molecule has 0 aromatic carbocycles. The average molecular weight is 176 g/mol. The molecule has 1 heteroatoms. The summed E-state index contributed by atoms with van der Waals surface area (Å²) in [5.74, 6) is 2.71. The molecule has 13 heavy (non-hydrogen) atoms. The van der Waals surface area contributed by atoms with Crippen LogP contribution in [-0.4, -0.2) is 5.78 Å². The summed E-state index contributed by atoms with van der Waals surface area (Å²) in [7, 11) is 0. The SMILES string of the molecule is C=C1CCCC2C(=O)C3CCC2C13. The summed E-state index contributed by atoms with van der Waals surface area (Å²) >= 11 is 0. The van der Waals surface area contributed by atoms with Crippen molar-refractivity contribution in [2.75, 3.05) is 0 Å². The van der Waals surface area contributed by atoms with Gasteiger partial charge in [0.1, 0.15) is 5.78 Å². The second kappa shape index (κ2) is 2.46. The Balaban J connectivity index is 2.03. The van der Waals surface area contributed by atoms with Crippen LogP contribution < -0.4 is 0 Å². The molecule has 0 aliphatic heterocycles. The molecule has 0 aromatic heterocycles. The largest absolute Gasteiger partial charge is 0.299 e. The molecule has 4 bridgehead atoms. The fourth-order valence-electron chi connectivity index (χ4n) is 3.95. The molecule has 3 saturated carbocycles. The smallest absolute Gasteiger partial charge is 0.139 e. The second-order valence-electron chi connectivity index (χ2n) is 4.93. The summed E-state index contributed by atoms with van der Waals surface area (Å²) < 4.78 is 0. The van der Waals surface area contributed by atoms with Crippen LogP contribution in [-0.2, 0) is 4.79 Å². The molecule has 70 valence electrons. The number of rotatable bonds is 0. The molecule has 3 aliphatic rings. The van der Waals surface area contributed by atoms with E-state index in [9.17, 15) is 4.79 Å². The van der Waals surface area contributed by atoms with E-state index in [4.69, 9.17) is 0 Å². The van der Waals surface area contributed by atoms with Gasteiger partial charge in [0.2, 0.25) is 0 Å². The van der Waals surface area contributed by atoms with Gasteiger partial charge < -0.3 is 0 Å². The predicted octanol–water partition coefficient (Wildman–Crippen LogP) is 2.57. The third-order valence-electron chi connectivity index (χ3n) is 4.44. The number of hydrogen-bond acceptors (Lipinski definition) is 1. The lowest BCUT2D eigenvalue weighted by molar-refractivity contribution is -0.126. The molecule has 4 unspecified atom stereocenters. The van der Waals surface area contributed by atoms with Gasteiger partial charge >= 0.3 is 0 Å². The molecule has 0 heterocycles. The van der Waals surface area contributed by atoms with Crippen molar-refractivity contribution in [3.05, 3.63) is 12.2 Å². The molecule has 0 saturated heterocycles. The van der Waals surface area contributed by atoms with Crippen molar-refractivity contribution >= 4 is 5.78 Å². The van der Waals surface area contributed by atoms with Crippen molar-refractivity contribution in [2.45, 2.75) is 32.1 Å². The van der Waals surface area contributed by atoms with Gasteiger partial charge in [0, 0.05) is 11.8 Å². The van der Waals surface area contributed by atoms with E-state index in [1.165, 1.54) is 24.8 Å². The Morgan fingerprint density at radius 2 is 2.00 bits per heavy atom. The summed E-state index contributed by atoms with van der Waals surface area (Å²) in [6.07, 6.45) is 5.99. The van der Waals surface area contributed by atoms with E-state index in [2.05, 4.69) is 6.58 Å². The number of allylic oxidation sites excluding steroid dienone is 1. The van der Waals surface area contributed by atoms with E-state index in [1.807, 2.05) is 0 Å². The summed E-state index contributed by atoms with van der Waals surface area (Å²) in [6.45, 7) is 4.18. The number of carbonyl (C=O) groups excluding carboxylic acids is 1. The number of Topliss-reactive ketones (excluding diaryl/α,β-unsaturated/α-hetero) is 1. The number of ketones is 1. The minimum atomic E-state index is 0.391. The maximum Gasteiger partial charge on any atom is 0.139 e. The van der Waals surface area contributed by atoms with E-state index in [0.717, 1.165) is 12.8 Å². The highest BCUT2D eigenvalue weighted by Gasteiger charge is 2.55. The molecular weight excluding hydrogens is 160 g/mol. The zero-order chi connectivity index (χ0) is 9.00. The molecule has 3 aliphatic carbocycles. The van der Waals surface area contributed by atoms with Gasteiger partial charge in [-0.15, -0.1) is 0 Å². The molecule has 4 atom stereocenters. The highest BCUT2D eigenvalue weighted by molar-refractivity contribution is 5.88. The third kappa shape index (κ3) is 0.853. The molecular formula is C12H16O. The Morgan fingerprint density at radius 3 is 2.85 bits per heavy atom. The van der Waals surface area contributed by atoms with Gasteiger partial charge in [-0.2, -0.15) is 0 Å². The third-order valence-corrected chi connectivity index (χ3v) is 4.44. The summed E-state index contributed by atoms with van der Waals surface area (Å²) in [6, 6.07) is 0. The molecule has 0 radical (unpaired) electrons. The molecule has 1 nitrogen and oxygen atoms in total. The Kier molecular flexibility index (Phi) is 1.47. The summed E-state index contributed by atoms with van der Waals surface area (Å²) in [5, 5.41) is 0. The summed E-state index contributed by atoms with van der Waals surface area (Å²) in [5.41, 5.74) is 1.39. The van der Waals surface area contributed by atoms with Crippen molar-refractivity contribution < 1.29 is 4.79 Å². The lowest BCUT2D eigenvalue weighted by Crippen LogP contribution is -2.22. The predicted molar refractivity (Wildman–Crippen MR) is 51.2 cm³/mol. The Labute approximate surface area is 79.2 Å². The topological polar surface area (TPSA) is 17.1 Å². The Morgan fingerprint density at radius 1 is 1.15 bits per heavy atom. The van der Waals surface area contributed by atoms with E-state index < -0.39 is 0 Å². The Bertz CT molecular complexity index is 279. The van der Waals surface area contributed by atoms with Crippen LogP contribution in [0.1, 0.15) is 32.1 Å². The van der Waals surface area contributed by atoms with E-state index in [0.29, 0.717) is 29.5 Å². The minimum absolute atomic E-state index is 0.391. The van der Waals surface area contributed by atoms with Crippen LogP contribution in [0.4, 0.5) is 0 Å². The van der Waals surface area contributed by atoms with Gasteiger partial charge in [0.25, 0.3) is 0 Å².